The lowest BCUT2D eigenvalue weighted by Gasteiger charge is -2.05. The van der Waals surface area contributed by atoms with Crippen LogP contribution in [0.1, 0.15) is 15.9 Å². The number of aromatic carboxylic acids is 1. The van der Waals surface area contributed by atoms with Crippen LogP contribution in [0.5, 0.6) is 0 Å². The predicted molar refractivity (Wildman–Crippen MR) is 94.4 cm³/mol. The van der Waals surface area contributed by atoms with Gasteiger partial charge in [-0.2, -0.15) is 5.10 Å². The van der Waals surface area contributed by atoms with Crippen molar-refractivity contribution in [2.24, 2.45) is 10.2 Å². The molecule has 1 aliphatic rings. The SMILES string of the molecule is O=C1CSC(=NN=Cc2ccc(-c3ccc(C(=O)O)cc3F)cc2)N1. The molecule has 0 aliphatic carbocycles. The zero-order chi connectivity index (χ0) is 17.8. The lowest BCUT2D eigenvalue weighted by molar-refractivity contribution is -0.116. The third kappa shape index (κ3) is 4.10. The summed E-state index contributed by atoms with van der Waals surface area (Å²) in [5.41, 5.74) is 1.60. The van der Waals surface area contributed by atoms with Crippen molar-refractivity contribution in [2.45, 2.75) is 0 Å². The summed E-state index contributed by atoms with van der Waals surface area (Å²) in [7, 11) is 0. The van der Waals surface area contributed by atoms with Crippen molar-refractivity contribution in [3.8, 4) is 11.1 Å². The van der Waals surface area contributed by atoms with Gasteiger partial charge in [-0.05, 0) is 23.3 Å². The monoisotopic (exact) mass is 357 g/mol. The largest absolute Gasteiger partial charge is 0.478 e. The highest BCUT2D eigenvalue weighted by molar-refractivity contribution is 8.15. The molecule has 126 valence electrons. The normalized spacial score (nSPS) is 15.7. The molecule has 2 N–H and O–H groups in total. The van der Waals surface area contributed by atoms with Gasteiger partial charge in [0.05, 0.1) is 17.5 Å². The van der Waals surface area contributed by atoms with Gasteiger partial charge in [0, 0.05) is 5.56 Å². The van der Waals surface area contributed by atoms with E-state index >= 15 is 0 Å². The van der Waals surface area contributed by atoms with Crippen molar-refractivity contribution >= 4 is 35.0 Å². The smallest absolute Gasteiger partial charge is 0.335 e. The van der Waals surface area contributed by atoms with Crippen molar-refractivity contribution in [1.82, 2.24) is 5.32 Å². The van der Waals surface area contributed by atoms with E-state index in [1.54, 1.807) is 24.3 Å². The number of nitrogens with zero attached hydrogens (tertiary/aromatic N) is 2. The van der Waals surface area contributed by atoms with E-state index in [4.69, 9.17) is 5.11 Å². The first kappa shape index (κ1) is 16.8. The number of carbonyl (C=O) groups is 2. The molecule has 0 aromatic heterocycles. The van der Waals surface area contributed by atoms with Crippen LogP contribution < -0.4 is 5.32 Å². The van der Waals surface area contributed by atoms with E-state index in [0.717, 1.165) is 11.6 Å². The number of carboxylic acid groups (broad SMARTS) is 1. The lowest BCUT2D eigenvalue weighted by atomic mass is 10.0. The summed E-state index contributed by atoms with van der Waals surface area (Å²) < 4.78 is 14.1. The maximum atomic E-state index is 14.1. The first-order chi connectivity index (χ1) is 12.0. The summed E-state index contributed by atoms with van der Waals surface area (Å²) in [4.78, 5) is 21.9. The predicted octanol–water partition coefficient (Wildman–Crippen LogP) is 2.74. The third-order valence-electron chi connectivity index (χ3n) is 3.38. The van der Waals surface area contributed by atoms with Crippen LogP contribution in [0.25, 0.3) is 11.1 Å². The molecule has 0 unspecified atom stereocenters. The van der Waals surface area contributed by atoms with E-state index in [9.17, 15) is 14.0 Å². The molecule has 1 fully saturated rings. The first-order valence-corrected chi connectivity index (χ1v) is 8.18. The summed E-state index contributed by atoms with van der Waals surface area (Å²) in [5.74, 6) is -1.52. The summed E-state index contributed by atoms with van der Waals surface area (Å²) in [6.45, 7) is 0. The number of amidine groups is 1. The lowest BCUT2D eigenvalue weighted by Crippen LogP contribution is -2.19. The van der Waals surface area contributed by atoms with Crippen LogP contribution in [0, 0.1) is 5.82 Å². The molecular weight excluding hydrogens is 345 g/mol. The highest BCUT2D eigenvalue weighted by Crippen LogP contribution is 2.24. The molecular formula is C17H12FN3O3S. The van der Waals surface area contributed by atoms with Gasteiger partial charge in [-0.1, -0.05) is 42.1 Å². The number of amides is 1. The maximum absolute atomic E-state index is 14.1. The van der Waals surface area contributed by atoms with Gasteiger partial charge in [-0.25, -0.2) is 9.18 Å². The molecule has 2 aromatic carbocycles. The Morgan fingerprint density at radius 1 is 1.24 bits per heavy atom. The maximum Gasteiger partial charge on any atom is 0.335 e. The molecule has 0 atom stereocenters. The number of carbonyl (C=O) groups excluding carboxylic acids is 1. The number of nitrogens with one attached hydrogen (secondary N) is 1. The summed E-state index contributed by atoms with van der Waals surface area (Å²) in [6, 6.07) is 10.7. The van der Waals surface area contributed by atoms with Crippen LogP contribution >= 0.6 is 11.8 Å². The van der Waals surface area contributed by atoms with Gasteiger partial charge >= 0.3 is 5.97 Å². The Morgan fingerprint density at radius 2 is 2.00 bits per heavy atom. The highest BCUT2D eigenvalue weighted by atomic mass is 32.2. The van der Waals surface area contributed by atoms with Crippen molar-refractivity contribution < 1.29 is 19.1 Å². The number of hydrogen-bond donors (Lipinski definition) is 2. The molecule has 8 heteroatoms. The minimum Gasteiger partial charge on any atom is -0.478 e. The van der Waals surface area contributed by atoms with Crippen LogP contribution in [0.2, 0.25) is 0 Å². The van der Waals surface area contributed by atoms with E-state index in [-0.39, 0.29) is 11.5 Å². The Labute approximate surface area is 146 Å². The molecule has 0 saturated carbocycles. The fraction of sp³-hybridized carbons (Fsp3) is 0.0588. The standard InChI is InChI=1S/C17H12FN3O3S/c18-14-7-12(16(23)24)5-6-13(14)11-3-1-10(2-4-11)8-19-21-17-20-15(22)9-25-17/h1-8H,9H2,(H,23,24)(H,20,21,22). The molecule has 1 saturated heterocycles. The van der Waals surface area contributed by atoms with Crippen molar-refractivity contribution in [3.63, 3.8) is 0 Å². The topological polar surface area (TPSA) is 91.1 Å². The molecule has 1 aliphatic heterocycles. The van der Waals surface area contributed by atoms with Gasteiger partial charge < -0.3 is 10.4 Å². The van der Waals surface area contributed by atoms with E-state index in [2.05, 4.69) is 15.5 Å². The van der Waals surface area contributed by atoms with Gasteiger partial charge in [0.15, 0.2) is 5.17 Å². The number of carboxylic acids is 1. The fourth-order valence-electron chi connectivity index (χ4n) is 2.16. The molecule has 25 heavy (non-hydrogen) atoms. The van der Waals surface area contributed by atoms with Gasteiger partial charge in [0.1, 0.15) is 5.82 Å². The summed E-state index contributed by atoms with van der Waals surface area (Å²) in [6.07, 6.45) is 1.52. The first-order valence-electron chi connectivity index (χ1n) is 7.20. The van der Waals surface area contributed by atoms with Crippen LogP contribution in [-0.4, -0.2) is 34.1 Å². The van der Waals surface area contributed by atoms with Crippen LogP contribution in [0.4, 0.5) is 4.39 Å². The number of thioether (sulfide) groups is 1. The van der Waals surface area contributed by atoms with Crippen molar-refractivity contribution in [2.75, 3.05) is 5.75 Å². The molecule has 0 bridgehead atoms. The van der Waals surface area contributed by atoms with Crippen LogP contribution in [-0.2, 0) is 4.79 Å². The molecule has 0 radical (unpaired) electrons. The molecule has 1 amide bonds. The minimum absolute atomic E-state index is 0.0963. The number of rotatable bonds is 4. The van der Waals surface area contributed by atoms with E-state index in [0.29, 0.717) is 22.0 Å². The van der Waals surface area contributed by atoms with Crippen LogP contribution in [0.3, 0.4) is 0 Å². The Bertz CT molecular complexity index is 895. The molecule has 3 rings (SSSR count). The molecule has 6 nitrogen and oxygen atoms in total. The van der Waals surface area contributed by atoms with E-state index in [1.807, 2.05) is 0 Å². The number of halogens is 1. The third-order valence-corrected chi connectivity index (χ3v) is 4.24. The highest BCUT2D eigenvalue weighted by Gasteiger charge is 2.15. The van der Waals surface area contributed by atoms with Gasteiger partial charge in [-0.15, -0.1) is 5.10 Å². The van der Waals surface area contributed by atoms with Gasteiger partial charge in [-0.3, -0.25) is 4.79 Å². The zero-order valence-electron chi connectivity index (χ0n) is 12.8. The minimum atomic E-state index is -1.17. The zero-order valence-corrected chi connectivity index (χ0v) is 13.6. The summed E-state index contributed by atoms with van der Waals surface area (Å²) in [5, 5.41) is 19.7. The van der Waals surface area contributed by atoms with E-state index in [1.165, 1.54) is 30.1 Å². The van der Waals surface area contributed by atoms with Crippen molar-refractivity contribution in [1.29, 1.82) is 0 Å². The average Bonchev–Trinajstić information content (AvgIpc) is 3.01. The second-order valence-corrected chi connectivity index (χ2v) is 6.07. The Kier molecular flexibility index (Phi) is 4.90. The Hall–Kier alpha value is -3.00. The van der Waals surface area contributed by atoms with Gasteiger partial charge in [0.2, 0.25) is 5.91 Å². The average molecular weight is 357 g/mol. The fourth-order valence-corrected chi connectivity index (χ4v) is 2.79. The quantitative estimate of drug-likeness (QED) is 0.650. The molecule has 2 aromatic rings. The van der Waals surface area contributed by atoms with Crippen molar-refractivity contribution in [3.05, 3.63) is 59.4 Å². The van der Waals surface area contributed by atoms with Gasteiger partial charge in [0.25, 0.3) is 0 Å². The van der Waals surface area contributed by atoms with E-state index < -0.39 is 11.8 Å². The Morgan fingerprint density at radius 3 is 2.60 bits per heavy atom. The Balaban J connectivity index is 1.74. The second kappa shape index (κ2) is 7.27. The van der Waals surface area contributed by atoms with Crippen LogP contribution in [0.15, 0.2) is 52.7 Å². The molecule has 1 heterocycles. The summed E-state index contributed by atoms with van der Waals surface area (Å²) >= 11 is 1.28. The number of hydrogen-bond acceptors (Lipinski definition) is 5. The molecule has 0 spiro atoms. The number of benzene rings is 2. The second-order valence-electron chi connectivity index (χ2n) is 5.11.